The average molecular weight is 364 g/mol. The van der Waals surface area contributed by atoms with E-state index in [4.69, 9.17) is 0 Å². The van der Waals surface area contributed by atoms with Gasteiger partial charge in [-0.05, 0) is 24.3 Å². The predicted molar refractivity (Wildman–Crippen MR) is 101 cm³/mol. The molecule has 0 aliphatic heterocycles. The standard InChI is InChI=1S/C17H12N6O2S/c24-23(25)13-8-6-12(7-9-13)20-15-14-16(19-10-18-15)26-17(22-14)21-11-4-2-1-3-5-11/h1-10H,(H,21,22)(H,18,19,20). The van der Waals surface area contributed by atoms with E-state index in [1.165, 1.54) is 29.8 Å². The number of nitro groups is 1. The number of non-ortho nitro benzene ring substituents is 1. The van der Waals surface area contributed by atoms with E-state index >= 15 is 0 Å². The van der Waals surface area contributed by atoms with E-state index in [0.29, 0.717) is 22.2 Å². The van der Waals surface area contributed by atoms with E-state index < -0.39 is 4.92 Å². The lowest BCUT2D eigenvalue weighted by molar-refractivity contribution is -0.384. The first-order valence-corrected chi connectivity index (χ1v) is 8.46. The first kappa shape index (κ1) is 15.9. The zero-order valence-corrected chi connectivity index (χ0v) is 14.1. The summed E-state index contributed by atoms with van der Waals surface area (Å²) in [6, 6.07) is 15.9. The molecule has 0 aliphatic rings. The van der Waals surface area contributed by atoms with Crippen molar-refractivity contribution in [3.05, 3.63) is 71.0 Å². The van der Waals surface area contributed by atoms with Gasteiger partial charge in [0.25, 0.3) is 5.69 Å². The van der Waals surface area contributed by atoms with Gasteiger partial charge in [-0.3, -0.25) is 10.1 Å². The van der Waals surface area contributed by atoms with Crippen LogP contribution in [0.1, 0.15) is 0 Å². The predicted octanol–water partition coefficient (Wildman–Crippen LogP) is 4.48. The average Bonchev–Trinajstić information content (AvgIpc) is 3.06. The normalized spacial score (nSPS) is 10.6. The van der Waals surface area contributed by atoms with Crippen molar-refractivity contribution >= 4 is 49.7 Å². The molecule has 0 unspecified atom stereocenters. The van der Waals surface area contributed by atoms with Gasteiger partial charge in [-0.1, -0.05) is 29.5 Å². The number of hydrogen-bond acceptors (Lipinski definition) is 8. The second-order valence-corrected chi connectivity index (χ2v) is 6.29. The fraction of sp³-hybridized carbons (Fsp3) is 0. The molecule has 4 rings (SSSR count). The highest BCUT2D eigenvalue weighted by molar-refractivity contribution is 7.21. The van der Waals surface area contributed by atoms with Gasteiger partial charge >= 0.3 is 0 Å². The maximum absolute atomic E-state index is 10.7. The zero-order chi connectivity index (χ0) is 17.9. The molecule has 2 aromatic heterocycles. The summed E-state index contributed by atoms with van der Waals surface area (Å²) >= 11 is 1.42. The Bertz CT molecular complexity index is 1070. The molecule has 0 bridgehead atoms. The fourth-order valence-corrected chi connectivity index (χ4v) is 3.17. The molecule has 0 saturated heterocycles. The third-order valence-corrected chi connectivity index (χ3v) is 4.44. The summed E-state index contributed by atoms with van der Waals surface area (Å²) in [6.45, 7) is 0. The second kappa shape index (κ2) is 6.73. The number of thiazole rings is 1. The Kier molecular flexibility index (Phi) is 4.12. The number of anilines is 4. The number of benzene rings is 2. The molecule has 9 heteroatoms. The lowest BCUT2D eigenvalue weighted by atomic mass is 10.3. The number of hydrogen-bond donors (Lipinski definition) is 2. The highest BCUT2D eigenvalue weighted by Gasteiger charge is 2.12. The van der Waals surface area contributed by atoms with Crippen molar-refractivity contribution in [1.82, 2.24) is 15.0 Å². The Morgan fingerprint density at radius 3 is 2.38 bits per heavy atom. The van der Waals surface area contributed by atoms with Crippen LogP contribution in [-0.4, -0.2) is 19.9 Å². The maximum Gasteiger partial charge on any atom is 0.269 e. The molecule has 0 radical (unpaired) electrons. The number of rotatable bonds is 5. The highest BCUT2D eigenvalue weighted by atomic mass is 32.1. The lowest BCUT2D eigenvalue weighted by Crippen LogP contribution is -1.96. The van der Waals surface area contributed by atoms with Crippen LogP contribution in [0, 0.1) is 10.1 Å². The minimum absolute atomic E-state index is 0.0337. The lowest BCUT2D eigenvalue weighted by Gasteiger charge is -2.05. The molecular weight excluding hydrogens is 352 g/mol. The van der Waals surface area contributed by atoms with E-state index in [2.05, 4.69) is 25.6 Å². The van der Waals surface area contributed by atoms with E-state index in [9.17, 15) is 10.1 Å². The smallest absolute Gasteiger partial charge is 0.269 e. The number of nitro benzene ring substituents is 1. The fourth-order valence-electron chi connectivity index (χ4n) is 2.35. The quantitative estimate of drug-likeness (QED) is 0.397. The van der Waals surface area contributed by atoms with Crippen molar-refractivity contribution in [3.63, 3.8) is 0 Å². The van der Waals surface area contributed by atoms with Crippen molar-refractivity contribution in [1.29, 1.82) is 0 Å². The molecule has 0 saturated carbocycles. The van der Waals surface area contributed by atoms with Gasteiger partial charge in [-0.25, -0.2) is 15.0 Å². The van der Waals surface area contributed by atoms with E-state index in [0.717, 1.165) is 10.5 Å². The largest absolute Gasteiger partial charge is 0.338 e. The Morgan fingerprint density at radius 1 is 0.923 bits per heavy atom. The van der Waals surface area contributed by atoms with Crippen LogP contribution in [0.5, 0.6) is 0 Å². The van der Waals surface area contributed by atoms with Crippen LogP contribution in [0.2, 0.25) is 0 Å². The Morgan fingerprint density at radius 2 is 1.65 bits per heavy atom. The third kappa shape index (κ3) is 3.28. The second-order valence-electron chi connectivity index (χ2n) is 5.32. The van der Waals surface area contributed by atoms with Crippen molar-refractivity contribution in [2.24, 2.45) is 0 Å². The van der Waals surface area contributed by atoms with Crippen LogP contribution in [-0.2, 0) is 0 Å². The minimum Gasteiger partial charge on any atom is -0.338 e. The minimum atomic E-state index is -0.436. The van der Waals surface area contributed by atoms with Crippen molar-refractivity contribution in [2.45, 2.75) is 0 Å². The van der Waals surface area contributed by atoms with Gasteiger partial charge in [0.2, 0.25) is 0 Å². The maximum atomic E-state index is 10.7. The highest BCUT2D eigenvalue weighted by Crippen LogP contribution is 2.31. The summed E-state index contributed by atoms with van der Waals surface area (Å²) < 4.78 is 0. The van der Waals surface area contributed by atoms with E-state index in [1.807, 2.05) is 30.3 Å². The first-order valence-electron chi connectivity index (χ1n) is 7.64. The summed E-state index contributed by atoms with van der Waals surface area (Å²) in [4.78, 5) is 24.1. The number of nitrogens with zero attached hydrogens (tertiary/aromatic N) is 4. The molecule has 2 aromatic carbocycles. The molecule has 8 nitrogen and oxygen atoms in total. The van der Waals surface area contributed by atoms with Gasteiger partial charge in [0, 0.05) is 23.5 Å². The summed E-state index contributed by atoms with van der Waals surface area (Å²) in [7, 11) is 0. The summed E-state index contributed by atoms with van der Waals surface area (Å²) in [6.07, 6.45) is 1.46. The van der Waals surface area contributed by atoms with Gasteiger partial charge in [0.15, 0.2) is 15.8 Å². The topological polar surface area (TPSA) is 106 Å². The number of aromatic nitrogens is 3. The molecule has 128 valence electrons. The van der Waals surface area contributed by atoms with Gasteiger partial charge in [0.05, 0.1) is 4.92 Å². The van der Waals surface area contributed by atoms with E-state index in [-0.39, 0.29) is 5.69 Å². The summed E-state index contributed by atoms with van der Waals surface area (Å²) in [5.74, 6) is 0.543. The van der Waals surface area contributed by atoms with Gasteiger partial charge in [-0.15, -0.1) is 0 Å². The third-order valence-electron chi connectivity index (χ3n) is 3.56. The number of nitrogens with one attached hydrogen (secondary N) is 2. The summed E-state index contributed by atoms with van der Waals surface area (Å²) in [5, 5.41) is 17.8. The molecule has 26 heavy (non-hydrogen) atoms. The van der Waals surface area contributed by atoms with Gasteiger partial charge < -0.3 is 10.6 Å². The first-order chi connectivity index (χ1) is 12.7. The number of para-hydroxylation sites is 1. The van der Waals surface area contributed by atoms with Gasteiger partial charge in [-0.2, -0.15) is 0 Å². The van der Waals surface area contributed by atoms with Crippen LogP contribution >= 0.6 is 11.3 Å². The van der Waals surface area contributed by atoms with Crippen LogP contribution in [0.3, 0.4) is 0 Å². The SMILES string of the molecule is O=[N+]([O-])c1ccc(Nc2ncnc3sc(Nc4ccccc4)nc23)cc1. The molecule has 4 aromatic rings. The molecule has 2 N–H and O–H groups in total. The summed E-state index contributed by atoms with van der Waals surface area (Å²) in [5.41, 5.74) is 2.28. The van der Waals surface area contributed by atoms with Crippen molar-refractivity contribution in [2.75, 3.05) is 10.6 Å². The number of fused-ring (bicyclic) bond motifs is 1. The van der Waals surface area contributed by atoms with E-state index in [1.54, 1.807) is 12.1 Å². The van der Waals surface area contributed by atoms with Crippen molar-refractivity contribution < 1.29 is 4.92 Å². The molecule has 0 spiro atoms. The molecule has 0 aliphatic carbocycles. The Labute approximate surface area is 151 Å². The zero-order valence-electron chi connectivity index (χ0n) is 13.3. The van der Waals surface area contributed by atoms with Crippen LogP contribution in [0.25, 0.3) is 10.3 Å². The molecule has 0 fully saturated rings. The van der Waals surface area contributed by atoms with Crippen molar-refractivity contribution in [3.8, 4) is 0 Å². The van der Waals surface area contributed by atoms with Crippen LogP contribution in [0.15, 0.2) is 60.9 Å². The van der Waals surface area contributed by atoms with Crippen LogP contribution in [0.4, 0.5) is 28.0 Å². The molecule has 2 heterocycles. The molecular formula is C17H12N6O2S. The molecule has 0 atom stereocenters. The monoisotopic (exact) mass is 364 g/mol. The Hall–Kier alpha value is -3.59. The van der Waals surface area contributed by atoms with Gasteiger partial charge in [0.1, 0.15) is 11.8 Å². The van der Waals surface area contributed by atoms with Crippen LogP contribution < -0.4 is 10.6 Å². The molecule has 0 amide bonds. The Balaban J connectivity index is 1.62.